The third-order valence-corrected chi connectivity index (χ3v) is 3.18. The summed E-state index contributed by atoms with van der Waals surface area (Å²) in [7, 11) is 0. The van der Waals surface area contributed by atoms with Crippen LogP contribution in [0.2, 0.25) is 0 Å². The Bertz CT molecular complexity index is 529. The first-order valence-electron chi connectivity index (χ1n) is 5.70. The van der Waals surface area contributed by atoms with Crippen molar-refractivity contribution in [3.05, 3.63) is 30.2 Å². The Labute approximate surface area is 98.6 Å². The maximum absolute atomic E-state index is 11.7. The lowest BCUT2D eigenvalue weighted by molar-refractivity contribution is -0.129. The average molecular weight is 230 g/mol. The summed E-state index contributed by atoms with van der Waals surface area (Å²) in [5.74, 6) is 0.0433. The van der Waals surface area contributed by atoms with Gasteiger partial charge in [-0.1, -0.05) is 0 Å². The molecule has 2 aromatic heterocycles. The molecule has 17 heavy (non-hydrogen) atoms. The summed E-state index contributed by atoms with van der Waals surface area (Å²) in [6.45, 7) is 1.34. The Kier molecular flexibility index (Phi) is 2.33. The van der Waals surface area contributed by atoms with Gasteiger partial charge in [-0.05, 0) is 18.6 Å². The maximum atomic E-state index is 11.7. The molecule has 0 unspecified atom stereocenters. The van der Waals surface area contributed by atoms with Crippen molar-refractivity contribution in [2.45, 2.75) is 19.0 Å². The van der Waals surface area contributed by atoms with Gasteiger partial charge in [0, 0.05) is 35.5 Å². The fourth-order valence-corrected chi connectivity index (χ4v) is 2.24. The summed E-state index contributed by atoms with van der Waals surface area (Å²) in [4.78, 5) is 20.8. The highest BCUT2D eigenvalue weighted by Gasteiger charge is 2.28. The molecule has 1 aliphatic heterocycles. The van der Waals surface area contributed by atoms with Gasteiger partial charge in [-0.2, -0.15) is 0 Å². The van der Waals surface area contributed by atoms with Gasteiger partial charge in [0.15, 0.2) is 0 Å². The molecule has 88 valence electrons. The van der Waals surface area contributed by atoms with Crippen molar-refractivity contribution in [2.75, 3.05) is 6.54 Å². The lowest BCUT2D eigenvalue weighted by atomic mass is 10.3. The van der Waals surface area contributed by atoms with Crippen molar-refractivity contribution in [3.63, 3.8) is 0 Å². The predicted molar refractivity (Wildman–Crippen MR) is 64.1 cm³/mol. The fraction of sp³-hybridized carbons (Fsp3) is 0.333. The molecule has 1 aliphatic rings. The van der Waals surface area contributed by atoms with Crippen molar-refractivity contribution in [2.24, 2.45) is 5.73 Å². The van der Waals surface area contributed by atoms with Crippen molar-refractivity contribution >= 4 is 16.8 Å². The SMILES string of the molecule is N[C@H]1CCN(Cc2cc3cnccc3[nH]2)C1=O. The zero-order valence-corrected chi connectivity index (χ0v) is 9.39. The van der Waals surface area contributed by atoms with Gasteiger partial charge in [-0.25, -0.2) is 0 Å². The number of hydrogen-bond acceptors (Lipinski definition) is 3. The third kappa shape index (κ3) is 1.78. The van der Waals surface area contributed by atoms with Crippen molar-refractivity contribution < 1.29 is 4.79 Å². The lowest BCUT2D eigenvalue weighted by Gasteiger charge is -2.14. The molecular weight excluding hydrogens is 216 g/mol. The van der Waals surface area contributed by atoms with Crippen molar-refractivity contribution in [3.8, 4) is 0 Å². The topological polar surface area (TPSA) is 75.0 Å². The second-order valence-corrected chi connectivity index (χ2v) is 4.41. The van der Waals surface area contributed by atoms with Gasteiger partial charge in [-0.15, -0.1) is 0 Å². The molecule has 0 bridgehead atoms. The fourth-order valence-electron chi connectivity index (χ4n) is 2.24. The van der Waals surface area contributed by atoms with Gasteiger partial charge in [0.1, 0.15) is 0 Å². The van der Waals surface area contributed by atoms with E-state index in [1.54, 1.807) is 11.1 Å². The molecule has 1 amide bonds. The Hall–Kier alpha value is -1.88. The van der Waals surface area contributed by atoms with Gasteiger partial charge in [0.25, 0.3) is 0 Å². The van der Waals surface area contributed by atoms with Gasteiger partial charge in [-0.3, -0.25) is 9.78 Å². The van der Waals surface area contributed by atoms with E-state index in [0.29, 0.717) is 6.54 Å². The number of aromatic nitrogens is 2. The zero-order chi connectivity index (χ0) is 11.8. The molecule has 5 nitrogen and oxygen atoms in total. The predicted octanol–water partition coefficient (Wildman–Crippen LogP) is 0.622. The van der Waals surface area contributed by atoms with Crippen LogP contribution in [-0.2, 0) is 11.3 Å². The molecule has 1 fully saturated rings. The number of carbonyl (C=O) groups is 1. The van der Waals surface area contributed by atoms with Gasteiger partial charge < -0.3 is 15.6 Å². The quantitative estimate of drug-likeness (QED) is 0.794. The molecule has 1 atom stereocenters. The number of nitrogens with zero attached hydrogens (tertiary/aromatic N) is 2. The van der Waals surface area contributed by atoms with E-state index in [4.69, 9.17) is 5.73 Å². The van der Waals surface area contributed by atoms with E-state index in [9.17, 15) is 4.79 Å². The molecule has 1 saturated heterocycles. The number of pyridine rings is 1. The van der Waals surface area contributed by atoms with E-state index in [-0.39, 0.29) is 11.9 Å². The van der Waals surface area contributed by atoms with Crippen LogP contribution in [0.4, 0.5) is 0 Å². The Morgan fingerprint density at radius 1 is 1.59 bits per heavy atom. The van der Waals surface area contributed by atoms with Gasteiger partial charge in [0.2, 0.25) is 5.91 Å². The van der Waals surface area contributed by atoms with Crippen LogP contribution >= 0.6 is 0 Å². The van der Waals surface area contributed by atoms with E-state index >= 15 is 0 Å². The molecule has 0 radical (unpaired) electrons. The Morgan fingerprint density at radius 2 is 2.47 bits per heavy atom. The van der Waals surface area contributed by atoms with Gasteiger partial charge in [0.05, 0.1) is 12.6 Å². The Morgan fingerprint density at radius 3 is 3.18 bits per heavy atom. The van der Waals surface area contributed by atoms with E-state index < -0.39 is 0 Å². The lowest BCUT2D eigenvalue weighted by Crippen LogP contribution is -2.33. The normalized spacial score (nSPS) is 20.4. The minimum atomic E-state index is -0.318. The first-order valence-corrected chi connectivity index (χ1v) is 5.70. The monoisotopic (exact) mass is 230 g/mol. The summed E-state index contributed by atoms with van der Waals surface area (Å²) < 4.78 is 0. The minimum Gasteiger partial charge on any atom is -0.357 e. The van der Waals surface area contributed by atoms with E-state index in [0.717, 1.165) is 29.6 Å². The molecule has 3 heterocycles. The standard InChI is InChI=1S/C12H14N4O/c13-10-2-4-16(12(10)17)7-9-5-8-6-14-3-1-11(8)15-9/h1,3,5-6,10,15H,2,4,7,13H2/t10-/m0/s1. The van der Waals surface area contributed by atoms with Crippen LogP contribution < -0.4 is 5.73 Å². The van der Waals surface area contributed by atoms with Gasteiger partial charge >= 0.3 is 0 Å². The summed E-state index contributed by atoms with van der Waals surface area (Å²) in [6, 6.07) is 3.64. The number of H-pyrrole nitrogens is 1. The maximum Gasteiger partial charge on any atom is 0.239 e. The minimum absolute atomic E-state index is 0.0433. The number of rotatable bonds is 2. The second kappa shape index (κ2) is 3.85. The summed E-state index contributed by atoms with van der Waals surface area (Å²) in [5, 5.41) is 1.07. The number of nitrogens with two attached hydrogens (primary N) is 1. The molecule has 5 heteroatoms. The Balaban J connectivity index is 1.83. The molecule has 2 aromatic rings. The summed E-state index contributed by atoms with van der Waals surface area (Å²) in [5.41, 5.74) is 7.76. The number of hydrogen-bond donors (Lipinski definition) is 2. The number of fused-ring (bicyclic) bond motifs is 1. The second-order valence-electron chi connectivity index (χ2n) is 4.41. The van der Waals surface area contributed by atoms with Crippen molar-refractivity contribution in [1.82, 2.24) is 14.9 Å². The molecule has 0 aromatic carbocycles. The highest BCUT2D eigenvalue weighted by molar-refractivity contribution is 5.84. The molecular formula is C12H14N4O. The van der Waals surface area contributed by atoms with Crippen LogP contribution in [0.3, 0.4) is 0 Å². The number of likely N-dealkylation sites (tertiary alicyclic amines) is 1. The molecule has 0 spiro atoms. The first kappa shape index (κ1) is 10.3. The van der Waals surface area contributed by atoms with Crippen LogP contribution in [0, 0.1) is 0 Å². The van der Waals surface area contributed by atoms with Crippen LogP contribution in [0.1, 0.15) is 12.1 Å². The molecule has 3 N–H and O–H groups in total. The molecule has 3 rings (SSSR count). The molecule has 0 saturated carbocycles. The largest absolute Gasteiger partial charge is 0.357 e. The van der Waals surface area contributed by atoms with Crippen LogP contribution in [0.5, 0.6) is 0 Å². The number of nitrogens with one attached hydrogen (secondary N) is 1. The number of carbonyl (C=O) groups excluding carboxylic acids is 1. The zero-order valence-electron chi connectivity index (χ0n) is 9.39. The molecule has 0 aliphatic carbocycles. The van der Waals surface area contributed by atoms with Crippen LogP contribution in [0.15, 0.2) is 24.5 Å². The van der Waals surface area contributed by atoms with Crippen LogP contribution in [0.25, 0.3) is 10.9 Å². The van der Waals surface area contributed by atoms with E-state index in [1.165, 1.54) is 0 Å². The van der Waals surface area contributed by atoms with Crippen LogP contribution in [-0.4, -0.2) is 33.4 Å². The highest BCUT2D eigenvalue weighted by atomic mass is 16.2. The smallest absolute Gasteiger partial charge is 0.239 e. The van der Waals surface area contributed by atoms with E-state index in [2.05, 4.69) is 9.97 Å². The first-order chi connectivity index (χ1) is 8.24. The van der Waals surface area contributed by atoms with Crippen molar-refractivity contribution in [1.29, 1.82) is 0 Å². The highest BCUT2D eigenvalue weighted by Crippen LogP contribution is 2.17. The average Bonchev–Trinajstić information content (AvgIpc) is 2.87. The summed E-state index contributed by atoms with van der Waals surface area (Å²) in [6.07, 6.45) is 4.31. The number of aromatic amines is 1. The van der Waals surface area contributed by atoms with E-state index in [1.807, 2.05) is 18.3 Å². The summed E-state index contributed by atoms with van der Waals surface area (Å²) >= 11 is 0. The number of amides is 1. The third-order valence-electron chi connectivity index (χ3n) is 3.18.